The van der Waals surface area contributed by atoms with Crippen LogP contribution in [0.2, 0.25) is 0 Å². The lowest BCUT2D eigenvalue weighted by Crippen LogP contribution is -2.62. The van der Waals surface area contributed by atoms with E-state index in [9.17, 15) is 9.90 Å². The largest absolute Gasteiger partial charge is 0.508 e. The summed E-state index contributed by atoms with van der Waals surface area (Å²) < 4.78 is 6.30. The number of nitrogens with zero attached hydrogens (tertiary/aromatic N) is 2. The number of likely N-dealkylation sites (tertiary alicyclic amines) is 1. The Labute approximate surface area is 248 Å². The molecule has 3 aliphatic rings. The maximum atomic E-state index is 13.9. The van der Waals surface area contributed by atoms with Crippen LogP contribution in [0.1, 0.15) is 82.8 Å². The van der Waals surface area contributed by atoms with Crippen LogP contribution in [0, 0.1) is 17.8 Å². The SMILES string of the molecule is COC1C[C@H](N(CC(C)C)C(=O)CCCCCc2ccccc2)C[C@]2(c3cccc(O)c3)CCN(CC3CC3)C[C@@H]12. The van der Waals surface area contributed by atoms with Crippen molar-refractivity contribution in [3.63, 3.8) is 0 Å². The van der Waals surface area contributed by atoms with Crippen molar-refractivity contribution >= 4 is 5.91 Å². The highest BCUT2D eigenvalue weighted by Crippen LogP contribution is 2.52. The summed E-state index contributed by atoms with van der Waals surface area (Å²) in [6.45, 7) is 8.55. The molecule has 1 unspecified atom stereocenters. The molecule has 3 fully saturated rings. The summed E-state index contributed by atoms with van der Waals surface area (Å²) in [4.78, 5) is 18.8. The number of rotatable bonds is 13. The third-order valence-electron chi connectivity index (χ3n) is 10.1. The second-order valence-corrected chi connectivity index (χ2v) is 13.6. The lowest BCUT2D eigenvalue weighted by Gasteiger charge is -2.57. The molecule has 2 saturated carbocycles. The van der Waals surface area contributed by atoms with Crippen LogP contribution in [0.5, 0.6) is 5.75 Å². The monoisotopic (exact) mass is 560 g/mol. The average Bonchev–Trinajstić information content (AvgIpc) is 3.79. The molecule has 5 rings (SSSR count). The van der Waals surface area contributed by atoms with Crippen molar-refractivity contribution in [2.45, 2.75) is 95.6 Å². The number of unbranched alkanes of at least 4 members (excludes halogenated alkanes) is 2. The molecule has 0 radical (unpaired) electrons. The molecule has 5 nitrogen and oxygen atoms in total. The molecular weight excluding hydrogens is 508 g/mol. The van der Waals surface area contributed by atoms with Gasteiger partial charge in [0.25, 0.3) is 0 Å². The Morgan fingerprint density at radius 3 is 2.61 bits per heavy atom. The van der Waals surface area contributed by atoms with Crippen molar-refractivity contribution in [1.29, 1.82) is 0 Å². The van der Waals surface area contributed by atoms with Crippen LogP contribution >= 0.6 is 0 Å². The van der Waals surface area contributed by atoms with Gasteiger partial charge in [-0.05, 0) is 93.0 Å². The third kappa shape index (κ3) is 7.53. The number of piperidine rings is 1. The van der Waals surface area contributed by atoms with E-state index >= 15 is 0 Å². The first-order chi connectivity index (χ1) is 19.9. The first-order valence-electron chi connectivity index (χ1n) is 16.3. The van der Waals surface area contributed by atoms with Crippen LogP contribution in [0.25, 0.3) is 0 Å². The van der Waals surface area contributed by atoms with E-state index in [-0.39, 0.29) is 17.6 Å². The summed E-state index contributed by atoms with van der Waals surface area (Å²) in [6.07, 6.45) is 10.6. The van der Waals surface area contributed by atoms with Crippen molar-refractivity contribution in [2.75, 3.05) is 33.3 Å². The Bertz CT molecular complexity index is 1120. The molecule has 4 atom stereocenters. The Kier molecular flexibility index (Phi) is 10.1. The van der Waals surface area contributed by atoms with E-state index in [0.29, 0.717) is 29.9 Å². The van der Waals surface area contributed by atoms with Crippen LogP contribution < -0.4 is 0 Å². The lowest BCUT2D eigenvalue weighted by molar-refractivity contribution is -0.141. The number of phenols is 1. The van der Waals surface area contributed by atoms with Gasteiger partial charge in [0.05, 0.1) is 6.10 Å². The van der Waals surface area contributed by atoms with Gasteiger partial charge in [0.1, 0.15) is 5.75 Å². The molecule has 0 bridgehead atoms. The van der Waals surface area contributed by atoms with E-state index in [1.165, 1.54) is 30.5 Å². The fourth-order valence-electron chi connectivity index (χ4n) is 7.79. The molecule has 0 aromatic heterocycles. The van der Waals surface area contributed by atoms with Crippen molar-refractivity contribution < 1.29 is 14.6 Å². The summed E-state index contributed by atoms with van der Waals surface area (Å²) in [5.74, 6) is 2.26. The van der Waals surface area contributed by atoms with Crippen LogP contribution in [0.4, 0.5) is 0 Å². The Balaban J connectivity index is 1.32. The van der Waals surface area contributed by atoms with Gasteiger partial charge in [-0.2, -0.15) is 0 Å². The molecule has 41 heavy (non-hydrogen) atoms. The van der Waals surface area contributed by atoms with Gasteiger partial charge >= 0.3 is 0 Å². The minimum absolute atomic E-state index is 0.0893. The molecule has 2 aromatic carbocycles. The van der Waals surface area contributed by atoms with Gasteiger partial charge in [-0.25, -0.2) is 0 Å². The quantitative estimate of drug-likeness (QED) is 0.273. The number of carbonyl (C=O) groups is 1. The maximum absolute atomic E-state index is 13.9. The number of aromatic hydroxyl groups is 1. The van der Waals surface area contributed by atoms with Crippen molar-refractivity contribution in [3.8, 4) is 5.75 Å². The molecule has 2 aromatic rings. The smallest absolute Gasteiger partial charge is 0.222 e. The minimum atomic E-state index is -0.104. The molecule has 1 saturated heterocycles. The summed E-state index contributed by atoms with van der Waals surface area (Å²) >= 11 is 0. The van der Waals surface area contributed by atoms with Crippen molar-refractivity contribution in [3.05, 3.63) is 65.7 Å². The number of aryl methyl sites for hydroxylation is 1. The van der Waals surface area contributed by atoms with Crippen LogP contribution in [0.3, 0.4) is 0 Å². The number of methoxy groups -OCH3 is 1. The summed E-state index contributed by atoms with van der Waals surface area (Å²) in [6, 6.07) is 18.8. The van der Waals surface area contributed by atoms with Crippen LogP contribution in [0.15, 0.2) is 54.6 Å². The van der Waals surface area contributed by atoms with Gasteiger partial charge in [-0.1, -0.05) is 62.7 Å². The average molecular weight is 561 g/mol. The highest BCUT2D eigenvalue weighted by atomic mass is 16.5. The Morgan fingerprint density at radius 2 is 1.90 bits per heavy atom. The number of benzene rings is 2. The van der Waals surface area contributed by atoms with Gasteiger partial charge in [-0.15, -0.1) is 0 Å². The molecule has 5 heteroatoms. The molecule has 1 amide bonds. The molecule has 2 aliphatic carbocycles. The van der Waals surface area contributed by atoms with E-state index in [2.05, 4.69) is 60.0 Å². The number of carbonyl (C=O) groups excluding carboxylic acids is 1. The molecule has 224 valence electrons. The zero-order valence-corrected chi connectivity index (χ0v) is 25.6. The second kappa shape index (κ2) is 13.7. The van der Waals surface area contributed by atoms with E-state index < -0.39 is 0 Å². The fraction of sp³-hybridized carbons (Fsp3) is 0.639. The summed E-state index contributed by atoms with van der Waals surface area (Å²) in [5, 5.41) is 10.5. The molecular formula is C36H52N2O3. The van der Waals surface area contributed by atoms with Gasteiger partial charge in [0, 0.05) is 50.5 Å². The number of ether oxygens (including phenoxy) is 1. The van der Waals surface area contributed by atoms with E-state index in [1.54, 1.807) is 6.07 Å². The highest BCUT2D eigenvalue weighted by Gasteiger charge is 2.54. The first-order valence-corrected chi connectivity index (χ1v) is 16.3. The predicted molar refractivity (Wildman–Crippen MR) is 166 cm³/mol. The minimum Gasteiger partial charge on any atom is -0.508 e. The van der Waals surface area contributed by atoms with Gasteiger partial charge in [0.2, 0.25) is 5.91 Å². The number of hydrogen-bond donors (Lipinski definition) is 1. The van der Waals surface area contributed by atoms with Crippen molar-refractivity contribution in [1.82, 2.24) is 9.80 Å². The third-order valence-corrected chi connectivity index (χ3v) is 10.1. The molecule has 0 spiro atoms. The number of amides is 1. The van der Waals surface area contributed by atoms with Crippen LogP contribution in [-0.2, 0) is 21.4 Å². The standard InChI is InChI=1S/C36H52N2O3/c1-27(2)24-38(35(40)16-9-5-8-13-28-11-6-4-7-12-28)31-22-34(41-3)33-26-37(25-29-17-18-29)20-19-36(33,23-31)30-14-10-15-32(39)21-30/h4,6-7,10-12,14-15,21,27,29,31,33-34,39H,5,8-9,13,16-20,22-26H2,1-3H3/t31-,33-,34?,36-/m0/s1. The topological polar surface area (TPSA) is 53.0 Å². The predicted octanol–water partition coefficient (Wildman–Crippen LogP) is 6.83. The first kappa shape index (κ1) is 30.1. The highest BCUT2D eigenvalue weighted by molar-refractivity contribution is 5.76. The molecule has 1 aliphatic heterocycles. The number of phenolic OH excluding ortho intramolecular Hbond substituents is 1. The maximum Gasteiger partial charge on any atom is 0.222 e. The zero-order chi connectivity index (χ0) is 28.8. The van der Waals surface area contributed by atoms with Gasteiger partial charge < -0.3 is 19.6 Å². The second-order valence-electron chi connectivity index (χ2n) is 13.6. The Morgan fingerprint density at radius 1 is 1.10 bits per heavy atom. The van der Waals surface area contributed by atoms with Gasteiger partial charge in [-0.3, -0.25) is 4.79 Å². The van der Waals surface area contributed by atoms with E-state index in [4.69, 9.17) is 4.74 Å². The normalized spacial score (nSPS) is 26.6. The van der Waals surface area contributed by atoms with Crippen LogP contribution in [-0.4, -0.2) is 66.2 Å². The summed E-state index contributed by atoms with van der Waals surface area (Å²) in [7, 11) is 1.86. The van der Waals surface area contributed by atoms with E-state index in [1.807, 2.05) is 19.2 Å². The lowest BCUT2D eigenvalue weighted by atomic mass is 9.56. The zero-order valence-electron chi connectivity index (χ0n) is 25.6. The van der Waals surface area contributed by atoms with Crippen molar-refractivity contribution in [2.24, 2.45) is 17.8 Å². The summed E-state index contributed by atoms with van der Waals surface area (Å²) in [5.41, 5.74) is 2.49. The van der Waals surface area contributed by atoms with Gasteiger partial charge in [0.15, 0.2) is 0 Å². The fourth-order valence-corrected chi connectivity index (χ4v) is 7.79. The van der Waals surface area contributed by atoms with E-state index in [0.717, 1.165) is 70.5 Å². The number of hydrogen-bond acceptors (Lipinski definition) is 4. The Hall–Kier alpha value is -2.37. The molecule has 1 heterocycles. The molecule has 1 N–H and O–H groups in total. The number of fused-ring (bicyclic) bond motifs is 1.